The van der Waals surface area contributed by atoms with Crippen molar-refractivity contribution < 1.29 is 19.5 Å². The van der Waals surface area contributed by atoms with Crippen LogP contribution in [0.2, 0.25) is 0 Å². The van der Waals surface area contributed by atoms with Crippen LogP contribution in [0.1, 0.15) is 28.8 Å². The third-order valence-electron chi connectivity index (χ3n) is 2.59. The first-order valence-electron chi connectivity index (χ1n) is 5.88. The van der Waals surface area contributed by atoms with Crippen LogP contribution < -0.4 is 11.1 Å². The van der Waals surface area contributed by atoms with Crippen molar-refractivity contribution in [2.24, 2.45) is 5.73 Å². The van der Waals surface area contributed by atoms with Crippen molar-refractivity contribution in [2.45, 2.75) is 25.8 Å². The van der Waals surface area contributed by atoms with Gasteiger partial charge in [-0.05, 0) is 37.1 Å². The first kappa shape index (κ1) is 16.2. The predicted octanol–water partition coefficient (Wildman–Crippen LogP) is 1.21. The van der Waals surface area contributed by atoms with E-state index in [1.165, 1.54) is 0 Å². The number of carboxylic acids is 1. The summed E-state index contributed by atoms with van der Waals surface area (Å²) >= 11 is 3.27. The molecule has 0 bridgehead atoms. The zero-order valence-electron chi connectivity index (χ0n) is 10.9. The molecule has 0 aromatic heterocycles. The third kappa shape index (κ3) is 5.00. The number of amides is 2. The Balaban J connectivity index is 2.79. The molecule has 1 aromatic carbocycles. The molecule has 0 heterocycles. The summed E-state index contributed by atoms with van der Waals surface area (Å²) in [5.74, 6) is -2.32. The standard InChI is InChI=1S/C13H15BrN2O4/c1-7-4-8(6-9(14)5-7)12(18)16-10(13(19)20)2-3-11(15)17/h4-6,10H,2-3H2,1H3,(H2,15,17)(H,16,18)(H,19,20). The van der Waals surface area contributed by atoms with E-state index in [0.717, 1.165) is 10.0 Å². The fourth-order valence-corrected chi connectivity index (χ4v) is 2.26. The molecule has 1 aromatic rings. The number of hydrogen-bond acceptors (Lipinski definition) is 3. The maximum absolute atomic E-state index is 12.0. The molecule has 1 atom stereocenters. The Labute approximate surface area is 124 Å². The minimum absolute atomic E-state index is 0.0383. The van der Waals surface area contributed by atoms with Crippen LogP contribution in [0, 0.1) is 6.92 Å². The lowest BCUT2D eigenvalue weighted by atomic mass is 10.1. The van der Waals surface area contributed by atoms with E-state index in [9.17, 15) is 14.4 Å². The Morgan fingerprint density at radius 1 is 1.35 bits per heavy atom. The minimum Gasteiger partial charge on any atom is -0.480 e. The molecule has 20 heavy (non-hydrogen) atoms. The number of rotatable bonds is 6. The topological polar surface area (TPSA) is 109 Å². The highest BCUT2D eigenvalue weighted by atomic mass is 79.9. The highest BCUT2D eigenvalue weighted by Gasteiger charge is 2.21. The number of hydrogen-bond donors (Lipinski definition) is 3. The number of primary amides is 1. The number of nitrogens with one attached hydrogen (secondary N) is 1. The maximum Gasteiger partial charge on any atom is 0.326 e. The summed E-state index contributed by atoms with van der Waals surface area (Å²) in [6.45, 7) is 1.82. The van der Waals surface area contributed by atoms with Crippen molar-refractivity contribution in [3.63, 3.8) is 0 Å². The van der Waals surface area contributed by atoms with Crippen LogP contribution in [0.15, 0.2) is 22.7 Å². The van der Waals surface area contributed by atoms with Gasteiger partial charge in [-0.2, -0.15) is 0 Å². The van der Waals surface area contributed by atoms with Crippen LogP contribution in [0.3, 0.4) is 0 Å². The maximum atomic E-state index is 12.0. The molecule has 0 aliphatic rings. The summed E-state index contributed by atoms with van der Waals surface area (Å²) in [4.78, 5) is 33.7. The van der Waals surface area contributed by atoms with E-state index < -0.39 is 23.8 Å². The lowest BCUT2D eigenvalue weighted by molar-refractivity contribution is -0.139. The molecule has 0 radical (unpaired) electrons. The van der Waals surface area contributed by atoms with Crippen molar-refractivity contribution >= 4 is 33.7 Å². The van der Waals surface area contributed by atoms with Gasteiger partial charge in [0.1, 0.15) is 6.04 Å². The molecule has 0 saturated carbocycles. The highest BCUT2D eigenvalue weighted by Crippen LogP contribution is 2.15. The molecule has 7 heteroatoms. The molecule has 6 nitrogen and oxygen atoms in total. The van der Waals surface area contributed by atoms with Gasteiger partial charge in [-0.25, -0.2) is 4.79 Å². The molecule has 0 spiro atoms. The van der Waals surface area contributed by atoms with Gasteiger partial charge in [-0.1, -0.05) is 15.9 Å². The van der Waals surface area contributed by atoms with Crippen molar-refractivity contribution in [1.82, 2.24) is 5.32 Å². The number of benzene rings is 1. The SMILES string of the molecule is Cc1cc(Br)cc(C(=O)NC(CCC(N)=O)C(=O)O)c1. The molecule has 0 aliphatic heterocycles. The zero-order chi connectivity index (χ0) is 15.3. The fourth-order valence-electron chi connectivity index (χ4n) is 1.65. The van der Waals surface area contributed by atoms with Crippen LogP contribution in [0.4, 0.5) is 0 Å². The van der Waals surface area contributed by atoms with Gasteiger partial charge in [0, 0.05) is 16.5 Å². The van der Waals surface area contributed by atoms with E-state index in [0.29, 0.717) is 5.56 Å². The van der Waals surface area contributed by atoms with Crippen molar-refractivity contribution in [3.05, 3.63) is 33.8 Å². The van der Waals surface area contributed by atoms with E-state index in [-0.39, 0.29) is 12.8 Å². The minimum atomic E-state index is -1.20. The molecule has 1 rings (SSSR count). The number of aryl methyl sites for hydroxylation is 1. The van der Waals surface area contributed by atoms with Gasteiger partial charge in [0.25, 0.3) is 5.91 Å². The fraction of sp³-hybridized carbons (Fsp3) is 0.308. The Morgan fingerprint density at radius 2 is 2.00 bits per heavy atom. The second-order valence-electron chi connectivity index (χ2n) is 4.39. The molecular formula is C13H15BrN2O4. The lowest BCUT2D eigenvalue weighted by Gasteiger charge is -2.14. The molecular weight excluding hydrogens is 328 g/mol. The number of halogens is 1. The van der Waals surface area contributed by atoms with Gasteiger partial charge in [0.05, 0.1) is 0 Å². The third-order valence-corrected chi connectivity index (χ3v) is 3.04. The van der Waals surface area contributed by atoms with E-state index in [2.05, 4.69) is 21.2 Å². The highest BCUT2D eigenvalue weighted by molar-refractivity contribution is 9.10. The number of carbonyl (C=O) groups is 3. The Bertz CT molecular complexity index is 525. The van der Waals surface area contributed by atoms with Crippen LogP contribution in [0.25, 0.3) is 0 Å². The summed E-state index contributed by atoms with van der Waals surface area (Å²) in [6.07, 6.45) is -0.141. The summed E-state index contributed by atoms with van der Waals surface area (Å²) in [7, 11) is 0. The molecule has 2 amide bonds. The molecule has 108 valence electrons. The Morgan fingerprint density at radius 3 is 2.50 bits per heavy atom. The quantitative estimate of drug-likeness (QED) is 0.721. The Kier molecular flexibility index (Phi) is 5.69. The van der Waals surface area contributed by atoms with Crippen LogP contribution in [-0.2, 0) is 9.59 Å². The van der Waals surface area contributed by atoms with Gasteiger partial charge < -0.3 is 16.2 Å². The summed E-state index contributed by atoms with van der Waals surface area (Å²) in [5.41, 5.74) is 6.19. The van der Waals surface area contributed by atoms with Crippen LogP contribution >= 0.6 is 15.9 Å². The average molecular weight is 343 g/mol. The number of carbonyl (C=O) groups excluding carboxylic acids is 2. The largest absolute Gasteiger partial charge is 0.480 e. The second-order valence-corrected chi connectivity index (χ2v) is 5.30. The number of carboxylic acid groups (broad SMARTS) is 1. The van der Waals surface area contributed by atoms with Gasteiger partial charge >= 0.3 is 5.97 Å². The molecule has 0 aliphatic carbocycles. The van der Waals surface area contributed by atoms with Crippen LogP contribution in [0.5, 0.6) is 0 Å². The average Bonchev–Trinajstić information content (AvgIpc) is 2.32. The smallest absolute Gasteiger partial charge is 0.326 e. The van der Waals surface area contributed by atoms with Gasteiger partial charge in [-0.3, -0.25) is 9.59 Å². The monoisotopic (exact) mass is 342 g/mol. The van der Waals surface area contributed by atoms with E-state index >= 15 is 0 Å². The lowest BCUT2D eigenvalue weighted by Crippen LogP contribution is -2.41. The van der Waals surface area contributed by atoms with E-state index in [1.54, 1.807) is 12.1 Å². The molecule has 0 fully saturated rings. The number of nitrogens with two attached hydrogens (primary N) is 1. The van der Waals surface area contributed by atoms with Crippen LogP contribution in [-0.4, -0.2) is 28.9 Å². The van der Waals surface area contributed by atoms with Crippen molar-refractivity contribution in [2.75, 3.05) is 0 Å². The van der Waals surface area contributed by atoms with Gasteiger partial charge in [0.2, 0.25) is 5.91 Å². The number of aliphatic carboxylic acids is 1. The predicted molar refractivity (Wildman–Crippen MR) is 76.2 cm³/mol. The molecule has 0 saturated heterocycles. The first-order chi connectivity index (χ1) is 9.29. The second kappa shape index (κ2) is 7.04. The Hall–Kier alpha value is -1.89. The van der Waals surface area contributed by atoms with Crippen molar-refractivity contribution in [3.8, 4) is 0 Å². The zero-order valence-corrected chi connectivity index (χ0v) is 12.4. The van der Waals surface area contributed by atoms with Gasteiger partial charge in [0.15, 0.2) is 0 Å². The summed E-state index contributed by atoms with van der Waals surface area (Å²) < 4.78 is 0.728. The van der Waals surface area contributed by atoms with Gasteiger partial charge in [-0.15, -0.1) is 0 Å². The van der Waals surface area contributed by atoms with Crippen molar-refractivity contribution in [1.29, 1.82) is 0 Å². The normalized spacial score (nSPS) is 11.7. The van der Waals surface area contributed by atoms with E-state index in [1.807, 2.05) is 13.0 Å². The van der Waals surface area contributed by atoms with E-state index in [4.69, 9.17) is 10.8 Å². The molecule has 1 unspecified atom stereocenters. The molecule has 4 N–H and O–H groups in total. The summed E-state index contributed by atoms with van der Waals surface area (Å²) in [5, 5.41) is 11.4. The first-order valence-corrected chi connectivity index (χ1v) is 6.68. The summed E-state index contributed by atoms with van der Waals surface area (Å²) in [6, 6.07) is 3.93.